The molecule has 4 aromatic rings. The van der Waals surface area contributed by atoms with Crippen LogP contribution in [0.5, 0.6) is 0 Å². The molecule has 0 amide bonds. The molecule has 0 radical (unpaired) electrons. The Balaban J connectivity index is 0.000000291. The summed E-state index contributed by atoms with van der Waals surface area (Å²) < 4.78 is 0. The molecule has 0 saturated carbocycles. The second kappa shape index (κ2) is 16.6. The van der Waals surface area contributed by atoms with Crippen molar-refractivity contribution in [3.05, 3.63) is 120 Å². The van der Waals surface area contributed by atoms with Crippen molar-refractivity contribution in [1.82, 2.24) is 0 Å². The quantitative estimate of drug-likeness (QED) is 0.111. The van der Waals surface area contributed by atoms with Crippen LogP contribution in [0.2, 0.25) is 0 Å². The van der Waals surface area contributed by atoms with Crippen LogP contribution in [0.25, 0.3) is 10.8 Å². The number of hydrogen-bond donors (Lipinski definition) is 0. The molecule has 0 bridgehead atoms. The fraction of sp³-hybridized carbons (Fsp3) is 0.226. The topological polar surface area (TPSA) is 0 Å². The summed E-state index contributed by atoms with van der Waals surface area (Å²) in [6.45, 7) is 12.0. The van der Waals surface area contributed by atoms with Gasteiger partial charge in [0.15, 0.2) is 0 Å². The average molecular weight is 488 g/mol. The van der Waals surface area contributed by atoms with Crippen molar-refractivity contribution in [3.8, 4) is 0 Å². The molecule has 0 saturated heterocycles. The molecule has 0 aliphatic carbocycles. The van der Waals surface area contributed by atoms with Crippen LogP contribution >= 0.6 is 8.58 Å². The molecule has 0 fully saturated rings. The first-order chi connectivity index (χ1) is 15.6. The largest absolute Gasteiger partial charge is 2.00 e. The summed E-state index contributed by atoms with van der Waals surface area (Å²) in [6.07, 6.45) is 9.46. The molecular weight excluding hydrogens is 451 g/mol. The van der Waals surface area contributed by atoms with Gasteiger partial charge in [-0.15, -0.1) is 40.3 Å². The molecule has 170 valence electrons. The molecule has 0 aromatic heterocycles. The maximum absolute atomic E-state index is 3.46. The van der Waals surface area contributed by atoms with Crippen LogP contribution in [-0.2, 0) is 28.1 Å². The maximum atomic E-state index is 3.46. The van der Waals surface area contributed by atoms with Gasteiger partial charge in [0.2, 0.25) is 0 Å². The Morgan fingerprint density at radius 1 is 1.00 bits per heavy atom. The van der Waals surface area contributed by atoms with Gasteiger partial charge in [-0.05, 0) is 24.7 Å². The van der Waals surface area contributed by atoms with E-state index >= 15 is 0 Å². The van der Waals surface area contributed by atoms with Gasteiger partial charge < -0.3 is 0 Å². The van der Waals surface area contributed by atoms with Gasteiger partial charge >= 0.3 is 21.7 Å². The third kappa shape index (κ3) is 10.2. The number of allylic oxidation sites excluding steroid dienone is 3. The van der Waals surface area contributed by atoms with Crippen molar-refractivity contribution >= 4 is 30.0 Å². The van der Waals surface area contributed by atoms with E-state index in [1.54, 1.807) is 6.08 Å². The van der Waals surface area contributed by atoms with E-state index in [2.05, 4.69) is 106 Å². The van der Waals surface area contributed by atoms with Crippen molar-refractivity contribution in [3.63, 3.8) is 0 Å². The normalized spacial score (nSPS) is 10.4. The van der Waals surface area contributed by atoms with Crippen LogP contribution in [-0.4, -0.2) is 0 Å². The predicted molar refractivity (Wildman–Crippen MR) is 149 cm³/mol. The van der Waals surface area contributed by atoms with Gasteiger partial charge in [-0.25, -0.2) is 12.1 Å². The summed E-state index contributed by atoms with van der Waals surface area (Å²) in [5.41, 5.74) is 4.37. The van der Waals surface area contributed by atoms with Gasteiger partial charge in [-0.1, -0.05) is 96.8 Å². The van der Waals surface area contributed by atoms with Crippen molar-refractivity contribution in [2.75, 3.05) is 0 Å². The predicted octanol–water partition coefficient (Wildman–Crippen LogP) is 8.30. The van der Waals surface area contributed by atoms with Gasteiger partial charge in [0.25, 0.3) is 0 Å². The monoisotopic (exact) mass is 488 g/mol. The van der Waals surface area contributed by atoms with Gasteiger partial charge in [0, 0.05) is 0 Å². The number of unbranched alkanes of at least 4 members (excludes halogenated alkanes) is 1. The van der Waals surface area contributed by atoms with Crippen molar-refractivity contribution < 1.29 is 21.7 Å². The summed E-state index contributed by atoms with van der Waals surface area (Å²) in [5.74, 6) is 0. The Morgan fingerprint density at radius 3 is 2.30 bits per heavy atom. The summed E-state index contributed by atoms with van der Waals surface area (Å²) in [6, 6.07) is 28.4. The minimum Gasteiger partial charge on any atom is -0.213 e. The molecule has 1 unspecified atom stereocenters. The fourth-order valence-corrected chi connectivity index (χ4v) is 4.65. The number of rotatable bonds is 6. The second-order valence-electron chi connectivity index (χ2n) is 7.91. The molecule has 1 atom stereocenters. The number of hydrogen-bond acceptors (Lipinski definition) is 0. The van der Waals surface area contributed by atoms with E-state index in [0.29, 0.717) is 0 Å². The Bertz CT molecular complexity index is 1060. The molecule has 0 spiro atoms. The molecule has 4 aromatic carbocycles. The molecule has 0 heterocycles. The summed E-state index contributed by atoms with van der Waals surface area (Å²) in [7, 11) is 0.759. The van der Waals surface area contributed by atoms with Gasteiger partial charge in [-0.2, -0.15) is 23.3 Å². The first-order valence-corrected chi connectivity index (χ1v) is 12.5. The van der Waals surface area contributed by atoms with E-state index in [-0.39, 0.29) is 21.7 Å². The van der Waals surface area contributed by atoms with Crippen molar-refractivity contribution in [1.29, 1.82) is 0 Å². The number of aryl methyl sites for hydroxylation is 3. The van der Waals surface area contributed by atoms with Gasteiger partial charge in [-0.3, -0.25) is 0 Å². The minimum atomic E-state index is 0. The minimum absolute atomic E-state index is 0. The van der Waals surface area contributed by atoms with E-state index < -0.39 is 0 Å². The molecule has 0 aliphatic rings. The third-order valence-corrected chi connectivity index (χ3v) is 6.73. The van der Waals surface area contributed by atoms with Gasteiger partial charge in [0.1, 0.15) is 0 Å². The zero-order valence-electron chi connectivity index (χ0n) is 20.6. The van der Waals surface area contributed by atoms with E-state index in [9.17, 15) is 0 Å². The maximum Gasteiger partial charge on any atom is 2.00 e. The van der Waals surface area contributed by atoms with Crippen LogP contribution in [0.15, 0.2) is 104 Å². The molecule has 4 rings (SSSR count). The van der Waals surface area contributed by atoms with Gasteiger partial charge in [0.05, 0.1) is 0 Å². The van der Waals surface area contributed by atoms with Crippen LogP contribution in [0.3, 0.4) is 0 Å². The summed E-state index contributed by atoms with van der Waals surface area (Å²) in [4.78, 5) is 0. The van der Waals surface area contributed by atoms with E-state index in [1.807, 2.05) is 19.1 Å². The Labute approximate surface area is 218 Å². The van der Waals surface area contributed by atoms with E-state index in [4.69, 9.17) is 0 Å². The summed E-state index contributed by atoms with van der Waals surface area (Å²) in [5, 5.41) is 5.58. The molecule has 0 N–H and O–H groups in total. The smallest absolute Gasteiger partial charge is 0.213 e. The second-order valence-corrected chi connectivity index (χ2v) is 9.28. The molecule has 0 nitrogen and oxygen atoms in total. The molecule has 2 heteroatoms. The molecule has 33 heavy (non-hydrogen) atoms. The van der Waals surface area contributed by atoms with E-state index in [1.165, 1.54) is 57.3 Å². The Morgan fingerprint density at radius 2 is 1.73 bits per heavy atom. The van der Waals surface area contributed by atoms with Crippen LogP contribution in [0.4, 0.5) is 0 Å². The SMILES string of the molecule is C=CC=CC.CCCC[c-]1cccc1C.Cc1ccccc1Pc1cc2ccccc2[cH-]1.[Ti+2]. The summed E-state index contributed by atoms with van der Waals surface area (Å²) >= 11 is 0. The Hall–Kier alpha value is -1.98. The van der Waals surface area contributed by atoms with Crippen molar-refractivity contribution in [2.24, 2.45) is 0 Å². The fourth-order valence-electron chi connectivity index (χ4n) is 3.42. The number of fused-ring (bicyclic) bond motifs is 1. The third-order valence-electron chi connectivity index (χ3n) is 5.32. The zero-order valence-corrected chi connectivity index (χ0v) is 23.1. The standard InChI is InChI=1S/C16H14P.C10H15.C5H8.Ti/c1-12-6-2-5-9-16(12)17-15-10-13-7-3-4-8-14(13)11-15;1-3-4-7-10-8-5-6-9(10)2;1-3-5-4-2;/h2-11,17H,1H3;5-6,8H,3-4,7H2,1-2H3;3-5H,1H2,2H3;/q2*-1;;+2. The average Bonchev–Trinajstić information content (AvgIpc) is 3.40. The van der Waals surface area contributed by atoms with E-state index in [0.717, 1.165) is 8.58 Å². The molecule has 0 aliphatic heterocycles. The number of benzene rings is 2. The first-order valence-electron chi connectivity index (χ1n) is 11.5. The van der Waals surface area contributed by atoms with Crippen LogP contribution < -0.4 is 10.6 Å². The molecular formula is C31H37PTi. The van der Waals surface area contributed by atoms with Crippen LogP contribution in [0, 0.1) is 13.8 Å². The van der Waals surface area contributed by atoms with Crippen LogP contribution in [0.1, 0.15) is 43.4 Å². The van der Waals surface area contributed by atoms with Crippen molar-refractivity contribution in [2.45, 2.75) is 47.0 Å². The zero-order chi connectivity index (χ0) is 23.2. The Kier molecular flexibility index (Phi) is 14.6. The first kappa shape index (κ1) is 29.1.